The molecule has 110 valence electrons. The molecule has 0 radical (unpaired) electrons. The SMILES string of the molecule is C[C@H](NC(=O)c1ccccc1Cl)[C@H](O)Cc1ccccc1. The number of hydrogen-bond donors (Lipinski definition) is 2. The molecule has 0 aliphatic heterocycles. The Balaban J connectivity index is 1.96. The van der Waals surface area contributed by atoms with Gasteiger partial charge in [-0.25, -0.2) is 0 Å². The predicted molar refractivity (Wildman–Crippen MR) is 84.5 cm³/mol. The minimum absolute atomic E-state index is 0.278. The Hall–Kier alpha value is -1.84. The number of rotatable bonds is 5. The van der Waals surface area contributed by atoms with Crippen LogP contribution in [-0.4, -0.2) is 23.2 Å². The van der Waals surface area contributed by atoms with Crippen molar-refractivity contribution >= 4 is 17.5 Å². The molecule has 0 aliphatic rings. The van der Waals surface area contributed by atoms with E-state index in [0.717, 1.165) is 5.56 Å². The maximum atomic E-state index is 12.1. The van der Waals surface area contributed by atoms with Crippen molar-refractivity contribution in [2.45, 2.75) is 25.5 Å². The van der Waals surface area contributed by atoms with Gasteiger partial charge in [-0.2, -0.15) is 0 Å². The molecular formula is C17H18ClNO2. The van der Waals surface area contributed by atoms with Crippen LogP contribution in [0.1, 0.15) is 22.8 Å². The van der Waals surface area contributed by atoms with Crippen LogP contribution in [0.2, 0.25) is 5.02 Å². The van der Waals surface area contributed by atoms with Gasteiger partial charge in [0.1, 0.15) is 0 Å². The van der Waals surface area contributed by atoms with Gasteiger partial charge in [0.2, 0.25) is 0 Å². The summed E-state index contributed by atoms with van der Waals surface area (Å²) in [6.07, 6.45) is -0.163. The molecule has 2 aromatic rings. The first-order valence-electron chi connectivity index (χ1n) is 6.85. The topological polar surface area (TPSA) is 49.3 Å². The molecule has 2 N–H and O–H groups in total. The Kier molecular flexibility index (Phi) is 5.37. The third-order valence-electron chi connectivity index (χ3n) is 3.34. The van der Waals surface area contributed by atoms with Crippen LogP contribution in [0.5, 0.6) is 0 Å². The van der Waals surface area contributed by atoms with Crippen LogP contribution in [0, 0.1) is 0 Å². The van der Waals surface area contributed by atoms with Gasteiger partial charge in [0, 0.05) is 6.42 Å². The number of aliphatic hydroxyl groups excluding tert-OH is 1. The summed E-state index contributed by atoms with van der Waals surface area (Å²) in [4.78, 5) is 12.1. The average Bonchev–Trinajstić information content (AvgIpc) is 2.48. The monoisotopic (exact) mass is 303 g/mol. The van der Waals surface area contributed by atoms with Crippen molar-refractivity contribution in [1.29, 1.82) is 0 Å². The summed E-state index contributed by atoms with van der Waals surface area (Å²) in [5, 5.41) is 13.4. The van der Waals surface area contributed by atoms with Crippen molar-refractivity contribution < 1.29 is 9.90 Å². The molecule has 0 saturated carbocycles. The van der Waals surface area contributed by atoms with E-state index in [9.17, 15) is 9.90 Å². The minimum atomic E-state index is -0.654. The minimum Gasteiger partial charge on any atom is -0.391 e. The first-order chi connectivity index (χ1) is 10.1. The number of halogens is 1. The molecule has 0 heterocycles. The zero-order valence-electron chi connectivity index (χ0n) is 11.8. The molecule has 0 saturated heterocycles. The van der Waals surface area contributed by atoms with E-state index in [0.29, 0.717) is 17.0 Å². The highest BCUT2D eigenvalue weighted by molar-refractivity contribution is 6.33. The maximum absolute atomic E-state index is 12.1. The largest absolute Gasteiger partial charge is 0.391 e. The van der Waals surface area contributed by atoms with Gasteiger partial charge in [0.15, 0.2) is 0 Å². The molecule has 2 atom stereocenters. The lowest BCUT2D eigenvalue weighted by Gasteiger charge is -2.20. The molecule has 1 amide bonds. The van der Waals surface area contributed by atoms with Crippen molar-refractivity contribution in [2.75, 3.05) is 0 Å². The fourth-order valence-electron chi connectivity index (χ4n) is 2.06. The summed E-state index contributed by atoms with van der Waals surface area (Å²) in [5.41, 5.74) is 1.45. The lowest BCUT2D eigenvalue weighted by atomic mass is 10.0. The standard InChI is InChI=1S/C17H18ClNO2/c1-12(16(20)11-13-7-3-2-4-8-13)19-17(21)14-9-5-6-10-15(14)18/h2-10,12,16,20H,11H2,1H3,(H,19,21)/t12-,16+/m0/s1. The van der Waals surface area contributed by atoms with E-state index in [1.165, 1.54) is 0 Å². The fraction of sp³-hybridized carbons (Fsp3) is 0.235. The number of nitrogens with one attached hydrogen (secondary N) is 1. The molecule has 4 heteroatoms. The quantitative estimate of drug-likeness (QED) is 0.892. The molecular weight excluding hydrogens is 286 g/mol. The Labute approximate surface area is 129 Å². The van der Waals surface area contributed by atoms with Crippen molar-refractivity contribution in [2.24, 2.45) is 0 Å². The van der Waals surface area contributed by atoms with Crippen LogP contribution in [0.15, 0.2) is 54.6 Å². The Morgan fingerprint density at radius 3 is 2.43 bits per heavy atom. The van der Waals surface area contributed by atoms with Crippen LogP contribution in [0.3, 0.4) is 0 Å². The zero-order valence-corrected chi connectivity index (χ0v) is 12.5. The Bertz CT molecular complexity index is 601. The predicted octanol–water partition coefficient (Wildman–Crippen LogP) is 3.06. The van der Waals surface area contributed by atoms with Crippen LogP contribution >= 0.6 is 11.6 Å². The summed E-state index contributed by atoms with van der Waals surface area (Å²) in [6.45, 7) is 1.78. The average molecular weight is 304 g/mol. The molecule has 0 bridgehead atoms. The van der Waals surface area contributed by atoms with Crippen LogP contribution < -0.4 is 5.32 Å². The Morgan fingerprint density at radius 2 is 1.76 bits per heavy atom. The lowest BCUT2D eigenvalue weighted by molar-refractivity contribution is 0.0852. The molecule has 0 aliphatic carbocycles. The van der Waals surface area contributed by atoms with E-state index < -0.39 is 6.10 Å². The van der Waals surface area contributed by atoms with Crippen molar-refractivity contribution in [1.82, 2.24) is 5.32 Å². The van der Waals surface area contributed by atoms with Gasteiger partial charge in [0.25, 0.3) is 5.91 Å². The maximum Gasteiger partial charge on any atom is 0.253 e. The molecule has 0 aromatic heterocycles. The van der Waals surface area contributed by atoms with Gasteiger partial charge < -0.3 is 10.4 Å². The van der Waals surface area contributed by atoms with Crippen molar-refractivity contribution in [3.63, 3.8) is 0 Å². The number of carbonyl (C=O) groups excluding carboxylic acids is 1. The van der Waals surface area contributed by atoms with Crippen LogP contribution in [-0.2, 0) is 6.42 Å². The van der Waals surface area contributed by atoms with E-state index >= 15 is 0 Å². The number of amides is 1. The van der Waals surface area contributed by atoms with Crippen LogP contribution in [0.4, 0.5) is 0 Å². The van der Waals surface area contributed by atoms with E-state index in [-0.39, 0.29) is 11.9 Å². The smallest absolute Gasteiger partial charge is 0.253 e. The van der Waals surface area contributed by atoms with Gasteiger partial charge in [0.05, 0.1) is 22.7 Å². The van der Waals surface area contributed by atoms with Gasteiger partial charge in [-0.3, -0.25) is 4.79 Å². The summed E-state index contributed by atoms with van der Waals surface area (Å²) in [7, 11) is 0. The van der Waals surface area contributed by atoms with Crippen molar-refractivity contribution in [3.8, 4) is 0 Å². The normalized spacial score (nSPS) is 13.5. The summed E-state index contributed by atoms with van der Waals surface area (Å²) < 4.78 is 0. The zero-order chi connectivity index (χ0) is 15.2. The van der Waals surface area contributed by atoms with Gasteiger partial charge in [-0.15, -0.1) is 0 Å². The second-order valence-electron chi connectivity index (χ2n) is 5.00. The van der Waals surface area contributed by atoms with E-state index in [4.69, 9.17) is 11.6 Å². The highest BCUT2D eigenvalue weighted by atomic mass is 35.5. The molecule has 3 nitrogen and oxygen atoms in total. The summed E-state index contributed by atoms with van der Waals surface area (Å²) >= 11 is 5.99. The van der Waals surface area contributed by atoms with E-state index in [1.807, 2.05) is 30.3 Å². The molecule has 2 aromatic carbocycles. The lowest BCUT2D eigenvalue weighted by Crippen LogP contribution is -2.42. The fourth-order valence-corrected chi connectivity index (χ4v) is 2.28. The van der Waals surface area contributed by atoms with Gasteiger partial charge in [-0.1, -0.05) is 54.1 Å². The van der Waals surface area contributed by atoms with Crippen LogP contribution in [0.25, 0.3) is 0 Å². The molecule has 21 heavy (non-hydrogen) atoms. The van der Waals surface area contributed by atoms with Gasteiger partial charge >= 0.3 is 0 Å². The second-order valence-corrected chi connectivity index (χ2v) is 5.41. The van der Waals surface area contributed by atoms with Crippen molar-refractivity contribution in [3.05, 3.63) is 70.7 Å². The molecule has 0 fully saturated rings. The number of carbonyl (C=O) groups is 1. The third kappa shape index (κ3) is 4.31. The first-order valence-corrected chi connectivity index (χ1v) is 7.23. The van der Waals surface area contributed by atoms with Gasteiger partial charge in [-0.05, 0) is 24.6 Å². The highest BCUT2D eigenvalue weighted by Gasteiger charge is 2.18. The third-order valence-corrected chi connectivity index (χ3v) is 3.67. The summed E-state index contributed by atoms with van der Waals surface area (Å²) in [6, 6.07) is 16.2. The first kappa shape index (κ1) is 15.5. The number of aliphatic hydroxyl groups is 1. The van der Waals surface area contributed by atoms with E-state index in [2.05, 4.69) is 5.32 Å². The second kappa shape index (κ2) is 7.25. The molecule has 0 spiro atoms. The summed E-state index contributed by atoms with van der Waals surface area (Å²) in [5.74, 6) is -0.278. The molecule has 2 rings (SSSR count). The number of hydrogen-bond acceptors (Lipinski definition) is 2. The van der Waals surface area contributed by atoms with E-state index in [1.54, 1.807) is 31.2 Å². The Morgan fingerprint density at radius 1 is 1.14 bits per heavy atom. The molecule has 0 unspecified atom stereocenters. The number of benzene rings is 2. The highest BCUT2D eigenvalue weighted by Crippen LogP contribution is 2.15.